The van der Waals surface area contributed by atoms with Crippen molar-refractivity contribution < 1.29 is 23.9 Å². The molecule has 0 saturated heterocycles. The zero-order valence-electron chi connectivity index (χ0n) is 21.3. The van der Waals surface area contributed by atoms with E-state index in [2.05, 4.69) is 30.2 Å². The maximum absolute atomic E-state index is 13.0. The first kappa shape index (κ1) is 26.5. The topological polar surface area (TPSA) is 189 Å². The van der Waals surface area contributed by atoms with Crippen LogP contribution in [0.4, 0.5) is 17.5 Å². The van der Waals surface area contributed by atoms with E-state index < -0.39 is 23.9 Å². The van der Waals surface area contributed by atoms with Crippen LogP contribution in [0.3, 0.4) is 0 Å². The molecule has 0 radical (unpaired) electrons. The first-order valence-electron chi connectivity index (χ1n) is 12.3. The molecule has 200 valence electrons. The van der Waals surface area contributed by atoms with Crippen LogP contribution in [0.1, 0.15) is 48.3 Å². The minimum Gasteiger partial charge on any atom is -0.466 e. The zero-order valence-corrected chi connectivity index (χ0v) is 21.3. The highest BCUT2D eigenvalue weighted by molar-refractivity contribution is 5.97. The van der Waals surface area contributed by atoms with Crippen molar-refractivity contribution in [2.45, 2.75) is 45.7 Å². The van der Waals surface area contributed by atoms with Crippen LogP contribution >= 0.6 is 0 Å². The van der Waals surface area contributed by atoms with Gasteiger partial charge in [-0.15, -0.1) is 0 Å². The summed E-state index contributed by atoms with van der Waals surface area (Å²) in [6.07, 6.45) is 2.42. The van der Waals surface area contributed by atoms with Gasteiger partial charge in [-0.25, -0.2) is 14.8 Å². The Morgan fingerprint density at radius 2 is 1.89 bits per heavy atom. The van der Waals surface area contributed by atoms with Crippen LogP contribution in [0.5, 0.6) is 0 Å². The summed E-state index contributed by atoms with van der Waals surface area (Å²) in [6.45, 7) is 4.98. The molecule has 1 unspecified atom stereocenters. The molecule has 0 aliphatic carbocycles. The van der Waals surface area contributed by atoms with Crippen molar-refractivity contribution >= 4 is 46.5 Å². The third-order valence-corrected chi connectivity index (χ3v) is 6.01. The van der Waals surface area contributed by atoms with Gasteiger partial charge < -0.3 is 31.2 Å². The van der Waals surface area contributed by atoms with E-state index in [1.165, 1.54) is 0 Å². The molecule has 1 atom stereocenters. The molecule has 13 nitrogen and oxygen atoms in total. The summed E-state index contributed by atoms with van der Waals surface area (Å²) in [5, 5.41) is 2.70. The summed E-state index contributed by atoms with van der Waals surface area (Å²) < 4.78 is 9.99. The van der Waals surface area contributed by atoms with Gasteiger partial charge in [0.25, 0.3) is 5.91 Å². The number of hydrogen-bond donors (Lipinski definition) is 3. The van der Waals surface area contributed by atoms with Crippen LogP contribution < -0.4 is 21.7 Å². The van der Waals surface area contributed by atoms with Gasteiger partial charge in [-0.3, -0.25) is 9.59 Å². The van der Waals surface area contributed by atoms with Gasteiger partial charge in [0.05, 0.1) is 31.6 Å². The number of carbonyl (C=O) groups excluding carboxylic acids is 3. The lowest BCUT2D eigenvalue weighted by molar-refractivity contribution is -0.146. The van der Waals surface area contributed by atoms with E-state index in [9.17, 15) is 14.4 Å². The molecule has 3 heterocycles. The fourth-order valence-corrected chi connectivity index (χ4v) is 4.26. The Balaban J connectivity index is 1.45. The smallest absolute Gasteiger partial charge is 0.328 e. The number of benzene rings is 1. The van der Waals surface area contributed by atoms with Crippen molar-refractivity contribution in [3.63, 3.8) is 0 Å². The quantitative estimate of drug-likeness (QED) is 0.323. The number of nitrogens with one attached hydrogen (secondary N) is 1. The normalized spacial score (nSPS) is 13.2. The number of hydrogen-bond acceptors (Lipinski definition) is 12. The Morgan fingerprint density at radius 1 is 1.11 bits per heavy atom. The number of nitrogens with zero attached hydrogens (tertiary/aromatic N) is 5. The molecule has 1 aromatic carbocycles. The van der Waals surface area contributed by atoms with Gasteiger partial charge >= 0.3 is 11.9 Å². The molecule has 1 aliphatic rings. The Bertz CT molecular complexity index is 1370. The number of fused-ring (bicyclic) bond motifs is 2. The number of carbonyl (C=O) groups is 3. The molecular weight excluding hydrogens is 492 g/mol. The number of amides is 1. The van der Waals surface area contributed by atoms with Gasteiger partial charge in [-0.1, -0.05) is 0 Å². The van der Waals surface area contributed by atoms with E-state index in [0.717, 1.165) is 24.2 Å². The highest BCUT2D eigenvalue weighted by Gasteiger charge is 2.26. The van der Waals surface area contributed by atoms with E-state index in [1.54, 1.807) is 32.2 Å². The highest BCUT2D eigenvalue weighted by atomic mass is 16.5. The summed E-state index contributed by atoms with van der Waals surface area (Å²) in [4.78, 5) is 56.1. The third kappa shape index (κ3) is 6.05. The number of rotatable bonds is 10. The molecule has 13 heteroatoms. The van der Waals surface area contributed by atoms with Crippen molar-refractivity contribution in [3.8, 4) is 0 Å². The summed E-state index contributed by atoms with van der Waals surface area (Å²) in [5.74, 6) is -1.25. The van der Waals surface area contributed by atoms with Crippen LogP contribution in [0.15, 0.2) is 24.4 Å². The summed E-state index contributed by atoms with van der Waals surface area (Å²) >= 11 is 0. The van der Waals surface area contributed by atoms with E-state index in [-0.39, 0.29) is 37.8 Å². The van der Waals surface area contributed by atoms with Gasteiger partial charge in [0.1, 0.15) is 6.04 Å². The molecule has 2 aromatic heterocycles. The minimum atomic E-state index is -0.963. The number of nitrogen functional groups attached to an aromatic ring is 2. The molecule has 0 saturated carbocycles. The highest BCUT2D eigenvalue weighted by Crippen LogP contribution is 2.30. The molecule has 0 spiro atoms. The zero-order chi connectivity index (χ0) is 27.2. The maximum Gasteiger partial charge on any atom is 0.328 e. The van der Waals surface area contributed by atoms with Crippen molar-refractivity contribution in [1.29, 1.82) is 0 Å². The first-order valence-corrected chi connectivity index (χ1v) is 12.3. The second kappa shape index (κ2) is 11.7. The van der Waals surface area contributed by atoms with Crippen LogP contribution in [-0.4, -0.2) is 63.6 Å². The third-order valence-electron chi connectivity index (χ3n) is 6.01. The summed E-state index contributed by atoms with van der Waals surface area (Å²) in [5.41, 5.74) is 15.3. The number of esters is 2. The largest absolute Gasteiger partial charge is 0.466 e. The first-order chi connectivity index (χ1) is 18.3. The Kier molecular flexibility index (Phi) is 8.14. The Labute approximate surface area is 218 Å². The van der Waals surface area contributed by atoms with Crippen LogP contribution in [0, 0.1) is 0 Å². The second-order valence-electron chi connectivity index (χ2n) is 8.64. The van der Waals surface area contributed by atoms with Crippen LogP contribution in [0.25, 0.3) is 11.2 Å². The lowest BCUT2D eigenvalue weighted by Gasteiger charge is -2.20. The van der Waals surface area contributed by atoms with Crippen molar-refractivity contribution in [3.05, 3.63) is 41.2 Å². The minimum absolute atomic E-state index is 0.0143. The fourth-order valence-electron chi connectivity index (χ4n) is 4.26. The number of nitrogens with two attached hydrogens (primary N) is 2. The fraction of sp³-hybridized carbons (Fsp3) is 0.400. The molecule has 5 N–H and O–H groups in total. The van der Waals surface area contributed by atoms with Gasteiger partial charge in [0.2, 0.25) is 5.95 Å². The Morgan fingerprint density at radius 3 is 2.66 bits per heavy atom. The average Bonchev–Trinajstić information content (AvgIpc) is 3.28. The predicted molar refractivity (Wildman–Crippen MR) is 139 cm³/mol. The van der Waals surface area contributed by atoms with E-state index in [4.69, 9.17) is 20.9 Å². The molecule has 0 bridgehead atoms. The molecule has 38 heavy (non-hydrogen) atoms. The monoisotopic (exact) mass is 522 g/mol. The van der Waals surface area contributed by atoms with Gasteiger partial charge in [0.15, 0.2) is 17.0 Å². The van der Waals surface area contributed by atoms with Gasteiger partial charge in [-0.2, -0.15) is 9.97 Å². The average molecular weight is 523 g/mol. The second-order valence-corrected chi connectivity index (χ2v) is 8.64. The lowest BCUT2D eigenvalue weighted by Crippen LogP contribution is -2.42. The predicted octanol–water partition coefficient (Wildman–Crippen LogP) is 1.15. The summed E-state index contributed by atoms with van der Waals surface area (Å²) in [7, 11) is 0. The van der Waals surface area contributed by atoms with Crippen molar-refractivity contribution in [2.24, 2.45) is 0 Å². The van der Waals surface area contributed by atoms with Gasteiger partial charge in [0, 0.05) is 24.2 Å². The number of anilines is 3. The standard InChI is InChI=1S/C25H30N8O5/c1-3-37-19(34)8-6-17(24(36)38-4-2)30-23(35)15-5-7-18-14(11-15)9-10-33(18)13-16-12-28-22-20(29-16)21(26)31-25(27)32-22/h5,7,11-12,17H,3-4,6,8-10,13H2,1-2H3,(H,30,35)(H4,26,27,28,31,32). The lowest BCUT2D eigenvalue weighted by atomic mass is 10.1. The molecule has 1 amide bonds. The SMILES string of the molecule is CCOC(=O)CCC(NC(=O)c1ccc2c(c1)CCN2Cc1cnc2nc(N)nc(N)c2n1)C(=O)OCC. The molecule has 3 aromatic rings. The van der Waals surface area contributed by atoms with E-state index in [0.29, 0.717) is 29.0 Å². The van der Waals surface area contributed by atoms with E-state index >= 15 is 0 Å². The molecule has 4 rings (SSSR count). The molecular formula is C25H30N8O5. The number of aromatic nitrogens is 4. The van der Waals surface area contributed by atoms with Crippen LogP contribution in [0.2, 0.25) is 0 Å². The van der Waals surface area contributed by atoms with E-state index in [1.807, 2.05) is 6.07 Å². The van der Waals surface area contributed by atoms with Gasteiger partial charge in [-0.05, 0) is 50.5 Å². The maximum atomic E-state index is 13.0. The molecule has 1 aliphatic heterocycles. The van der Waals surface area contributed by atoms with Crippen LogP contribution in [-0.2, 0) is 32.0 Å². The number of ether oxygens (including phenoxy) is 2. The van der Waals surface area contributed by atoms with Crippen molar-refractivity contribution in [2.75, 3.05) is 36.1 Å². The molecule has 0 fully saturated rings. The Hall–Kier alpha value is -4.55. The van der Waals surface area contributed by atoms with Crippen molar-refractivity contribution in [1.82, 2.24) is 25.3 Å². The summed E-state index contributed by atoms with van der Waals surface area (Å²) in [6, 6.07) is 4.40.